The molecule has 178 valence electrons. The maximum Gasteiger partial charge on any atom is 0.269 e. The van der Waals surface area contributed by atoms with Gasteiger partial charge >= 0.3 is 0 Å². The van der Waals surface area contributed by atoms with Gasteiger partial charge in [0.05, 0.1) is 23.5 Å². The number of unbranched alkanes of at least 4 members (excludes halogenated alkanes) is 1. The average Bonchev–Trinajstić information content (AvgIpc) is 3.38. The van der Waals surface area contributed by atoms with Crippen molar-refractivity contribution in [3.63, 3.8) is 0 Å². The third kappa shape index (κ3) is 4.70. The predicted molar refractivity (Wildman–Crippen MR) is 147 cm³/mol. The number of carbonyl (C=O) groups is 1. The Hall–Kier alpha value is -3.16. The fourth-order valence-corrected chi connectivity index (χ4v) is 6.40. The van der Waals surface area contributed by atoms with Crippen LogP contribution in [0.4, 0.5) is 11.4 Å². The van der Waals surface area contributed by atoms with Crippen molar-refractivity contribution >= 4 is 46.0 Å². The third-order valence-corrected chi connectivity index (χ3v) is 8.46. The lowest BCUT2D eigenvalue weighted by molar-refractivity contribution is -0.122. The van der Waals surface area contributed by atoms with E-state index in [9.17, 15) is 4.79 Å². The molecule has 2 aliphatic heterocycles. The van der Waals surface area contributed by atoms with Gasteiger partial charge in [-0.1, -0.05) is 67.6 Å². The van der Waals surface area contributed by atoms with Gasteiger partial charge in [-0.15, -0.1) is 0 Å². The van der Waals surface area contributed by atoms with E-state index in [0.717, 1.165) is 55.5 Å². The van der Waals surface area contributed by atoms with Gasteiger partial charge < -0.3 is 9.64 Å². The fraction of sp³-hybridized carbons (Fsp3) is 0.214. The van der Waals surface area contributed by atoms with E-state index in [2.05, 4.69) is 36.1 Å². The molecule has 0 unspecified atom stereocenters. The molecule has 35 heavy (non-hydrogen) atoms. The second kappa shape index (κ2) is 10.2. The number of methoxy groups -OCH3 is 1. The number of amidine groups is 1. The highest BCUT2D eigenvalue weighted by Gasteiger charge is 2.39. The number of thioether (sulfide) groups is 2. The normalized spacial score (nSPS) is 18.5. The lowest BCUT2D eigenvalue weighted by atomic mass is 10.1. The highest BCUT2D eigenvalue weighted by molar-refractivity contribution is 8.19. The minimum absolute atomic E-state index is 0.0252. The summed E-state index contributed by atoms with van der Waals surface area (Å²) in [6, 6.07) is 24.5. The SMILES string of the molecule is CCCCN1C(=O)/C(=C2/Sc3ccc(OC)cc3N2C)SC1=Nc1ccc(-c2ccccc2)cc1. The van der Waals surface area contributed by atoms with Gasteiger partial charge in [0.2, 0.25) is 0 Å². The summed E-state index contributed by atoms with van der Waals surface area (Å²) in [7, 11) is 3.67. The molecule has 7 heteroatoms. The van der Waals surface area contributed by atoms with Crippen LogP contribution in [0.2, 0.25) is 0 Å². The molecule has 1 saturated heterocycles. The Morgan fingerprint density at radius 3 is 2.40 bits per heavy atom. The van der Waals surface area contributed by atoms with Crippen LogP contribution in [0.15, 0.2) is 92.6 Å². The molecule has 0 atom stereocenters. The summed E-state index contributed by atoms with van der Waals surface area (Å²) in [5.74, 6) is 0.829. The smallest absolute Gasteiger partial charge is 0.269 e. The van der Waals surface area contributed by atoms with Crippen molar-refractivity contribution in [3.8, 4) is 16.9 Å². The van der Waals surface area contributed by atoms with Crippen molar-refractivity contribution in [2.24, 2.45) is 4.99 Å². The van der Waals surface area contributed by atoms with Gasteiger partial charge in [-0.05, 0) is 53.6 Å². The minimum Gasteiger partial charge on any atom is -0.497 e. The maximum atomic E-state index is 13.6. The van der Waals surface area contributed by atoms with Crippen LogP contribution in [-0.4, -0.2) is 36.7 Å². The average molecular weight is 502 g/mol. The van der Waals surface area contributed by atoms with Crippen LogP contribution >= 0.6 is 23.5 Å². The summed E-state index contributed by atoms with van der Waals surface area (Å²) in [5.41, 5.74) is 4.21. The minimum atomic E-state index is 0.0252. The molecule has 0 radical (unpaired) electrons. The van der Waals surface area contributed by atoms with E-state index in [4.69, 9.17) is 9.73 Å². The number of fused-ring (bicyclic) bond motifs is 1. The highest BCUT2D eigenvalue weighted by atomic mass is 32.2. The Kier molecular flexibility index (Phi) is 6.88. The first-order chi connectivity index (χ1) is 17.1. The van der Waals surface area contributed by atoms with E-state index >= 15 is 0 Å². The topological polar surface area (TPSA) is 45.1 Å². The van der Waals surface area contributed by atoms with E-state index in [1.54, 1.807) is 18.9 Å². The molecule has 5 nitrogen and oxygen atoms in total. The first-order valence-electron chi connectivity index (χ1n) is 11.7. The van der Waals surface area contributed by atoms with Crippen molar-refractivity contribution in [2.75, 3.05) is 25.6 Å². The highest BCUT2D eigenvalue weighted by Crippen LogP contribution is 2.51. The first kappa shape index (κ1) is 23.6. The molecule has 2 aliphatic rings. The molecule has 3 aromatic carbocycles. The molecule has 1 fully saturated rings. The molecular formula is C28H27N3O2S2. The molecule has 0 bridgehead atoms. The number of nitrogens with zero attached hydrogens (tertiary/aromatic N) is 3. The molecular weight excluding hydrogens is 474 g/mol. The van der Waals surface area contributed by atoms with E-state index in [1.165, 1.54) is 17.3 Å². The molecule has 5 rings (SSSR count). The Morgan fingerprint density at radius 2 is 1.69 bits per heavy atom. The second-order valence-electron chi connectivity index (χ2n) is 8.35. The lowest BCUT2D eigenvalue weighted by Gasteiger charge is -2.16. The third-order valence-electron chi connectivity index (χ3n) is 6.03. The number of benzene rings is 3. The molecule has 3 aromatic rings. The van der Waals surface area contributed by atoms with Crippen molar-refractivity contribution in [3.05, 3.63) is 82.7 Å². The lowest BCUT2D eigenvalue weighted by Crippen LogP contribution is -2.30. The van der Waals surface area contributed by atoms with E-state index < -0.39 is 0 Å². The van der Waals surface area contributed by atoms with Crippen molar-refractivity contribution < 1.29 is 9.53 Å². The number of ether oxygens (including phenoxy) is 1. The van der Waals surface area contributed by atoms with Crippen LogP contribution in [0.5, 0.6) is 5.75 Å². The number of carbonyl (C=O) groups excluding carboxylic acids is 1. The van der Waals surface area contributed by atoms with Gasteiger partial charge in [0.15, 0.2) is 5.17 Å². The monoisotopic (exact) mass is 501 g/mol. The zero-order chi connectivity index (χ0) is 24.4. The largest absolute Gasteiger partial charge is 0.497 e. The zero-order valence-electron chi connectivity index (χ0n) is 20.0. The molecule has 2 heterocycles. The van der Waals surface area contributed by atoms with Gasteiger partial charge in [-0.25, -0.2) is 4.99 Å². The summed E-state index contributed by atoms with van der Waals surface area (Å²) in [5, 5.41) is 1.68. The summed E-state index contributed by atoms with van der Waals surface area (Å²) < 4.78 is 5.40. The predicted octanol–water partition coefficient (Wildman–Crippen LogP) is 7.14. The van der Waals surface area contributed by atoms with Crippen molar-refractivity contribution in [1.29, 1.82) is 0 Å². The molecule has 0 aliphatic carbocycles. The number of aliphatic imine (C=N–C) groups is 1. The summed E-state index contributed by atoms with van der Waals surface area (Å²) in [4.78, 5) is 24.2. The van der Waals surface area contributed by atoms with Crippen LogP contribution < -0.4 is 9.64 Å². The number of hydrogen-bond acceptors (Lipinski definition) is 6. The van der Waals surface area contributed by atoms with Crippen LogP contribution in [0.3, 0.4) is 0 Å². The van der Waals surface area contributed by atoms with Gasteiger partial charge in [0.1, 0.15) is 10.7 Å². The Bertz CT molecular complexity index is 1300. The zero-order valence-corrected chi connectivity index (χ0v) is 21.7. The number of anilines is 1. The van der Waals surface area contributed by atoms with Crippen LogP contribution in [0.25, 0.3) is 11.1 Å². The van der Waals surface area contributed by atoms with E-state index in [0.29, 0.717) is 6.54 Å². The van der Waals surface area contributed by atoms with Gasteiger partial charge in [0, 0.05) is 24.6 Å². The summed E-state index contributed by atoms with van der Waals surface area (Å²) in [6.45, 7) is 2.80. The van der Waals surface area contributed by atoms with Gasteiger partial charge in [-0.2, -0.15) is 0 Å². The second-order valence-corrected chi connectivity index (χ2v) is 10.4. The quantitative estimate of drug-likeness (QED) is 0.336. The van der Waals surface area contributed by atoms with E-state index in [1.807, 2.05) is 60.5 Å². The molecule has 0 aromatic heterocycles. The Labute approximate surface area is 214 Å². The molecule has 1 amide bonds. The number of amides is 1. The fourth-order valence-electron chi connectivity index (χ4n) is 4.05. The van der Waals surface area contributed by atoms with Crippen molar-refractivity contribution in [1.82, 2.24) is 4.90 Å². The molecule has 0 spiro atoms. The van der Waals surface area contributed by atoms with Gasteiger partial charge in [0.25, 0.3) is 5.91 Å². The Morgan fingerprint density at radius 1 is 0.943 bits per heavy atom. The van der Waals surface area contributed by atoms with Crippen LogP contribution in [0.1, 0.15) is 19.8 Å². The summed E-state index contributed by atoms with van der Waals surface area (Å²) in [6.07, 6.45) is 1.95. The number of hydrogen-bond donors (Lipinski definition) is 0. The first-order valence-corrected chi connectivity index (χ1v) is 13.3. The van der Waals surface area contributed by atoms with E-state index in [-0.39, 0.29) is 5.91 Å². The number of rotatable bonds is 6. The maximum absolute atomic E-state index is 13.6. The molecule has 0 saturated carbocycles. The summed E-state index contributed by atoms with van der Waals surface area (Å²) >= 11 is 3.09. The standard InChI is InChI=1S/C28H27N3O2S2/c1-4-5-17-31-26(32)25(27-30(2)23-18-22(33-3)15-16-24(23)34-27)35-28(31)29-21-13-11-20(12-14-21)19-9-7-6-8-10-19/h6-16,18H,4-5,17H2,1-3H3/b27-25-,29-28?. The van der Waals surface area contributed by atoms with Gasteiger partial charge in [-0.3, -0.25) is 9.69 Å². The van der Waals surface area contributed by atoms with Crippen LogP contribution in [-0.2, 0) is 4.79 Å². The van der Waals surface area contributed by atoms with Crippen LogP contribution in [0, 0.1) is 0 Å². The Balaban J connectivity index is 1.46. The molecule has 0 N–H and O–H groups in total. The van der Waals surface area contributed by atoms with Crippen molar-refractivity contribution in [2.45, 2.75) is 24.7 Å².